The number of unbranched alkanes of at least 4 members (excludes halogenated alkanes) is 5. The van der Waals surface area contributed by atoms with E-state index in [1.807, 2.05) is 0 Å². The second-order valence-corrected chi connectivity index (χ2v) is 13.0. The van der Waals surface area contributed by atoms with Gasteiger partial charge in [0.25, 0.3) is 0 Å². The smallest absolute Gasteiger partial charge is 0.305 e. The van der Waals surface area contributed by atoms with Crippen molar-refractivity contribution in [3.8, 4) is 0 Å². The van der Waals surface area contributed by atoms with Crippen molar-refractivity contribution in [3.05, 3.63) is 0 Å². The molecule has 0 aromatic carbocycles. The number of hydrogen-bond donors (Lipinski definition) is 0. The molecule has 2 saturated heterocycles. The van der Waals surface area contributed by atoms with Gasteiger partial charge in [-0.3, -0.25) is 38.4 Å². The third kappa shape index (κ3) is 16.8. The summed E-state index contributed by atoms with van der Waals surface area (Å²) < 4.78 is 67.4. The van der Waals surface area contributed by atoms with E-state index >= 15 is 0 Å². The first-order chi connectivity index (χ1) is 26.4. The van der Waals surface area contributed by atoms with E-state index in [0.29, 0.717) is 25.7 Å². The maximum atomic E-state index is 12.6. The maximum absolute atomic E-state index is 12.6. The summed E-state index contributed by atoms with van der Waals surface area (Å²) in [6, 6.07) is 0. The summed E-state index contributed by atoms with van der Waals surface area (Å²) in [6.07, 6.45) is -10.6. The molecular weight excluding hydrogens is 752 g/mol. The number of carbonyl (C=O) groups is 8. The van der Waals surface area contributed by atoms with Crippen molar-refractivity contribution in [2.45, 2.75) is 155 Å². The second kappa shape index (κ2) is 24.3. The minimum Gasteiger partial charge on any atom is -0.469 e. The van der Waals surface area contributed by atoms with Gasteiger partial charge < -0.3 is 56.8 Å². The molecule has 2 aliphatic heterocycles. The van der Waals surface area contributed by atoms with E-state index in [4.69, 9.17) is 52.1 Å². The SMILES string of the molecule is COC(=O)CCCCCCCCOC1OC(COC(C)=O)C(OC(C)=O)C(OC(C)=O)C1OC1OC(COC(C)=O)C(OC(C)=O)C(OC(C)=O)C1OC(C)=O. The third-order valence-electron chi connectivity index (χ3n) is 8.17. The lowest BCUT2D eigenvalue weighted by atomic mass is 9.96. The molecule has 56 heavy (non-hydrogen) atoms. The molecule has 0 aromatic rings. The Bertz CT molecular complexity index is 1350. The van der Waals surface area contributed by atoms with E-state index in [1.165, 1.54) is 7.11 Å². The van der Waals surface area contributed by atoms with Crippen molar-refractivity contribution in [1.29, 1.82) is 0 Å². The minimum absolute atomic E-state index is 0.0522. The normalized spacial score (nSPS) is 27.1. The van der Waals surface area contributed by atoms with E-state index in [2.05, 4.69) is 4.74 Å². The fourth-order valence-corrected chi connectivity index (χ4v) is 5.98. The van der Waals surface area contributed by atoms with Crippen LogP contribution in [-0.4, -0.2) is 136 Å². The van der Waals surface area contributed by atoms with Gasteiger partial charge in [-0.25, -0.2) is 0 Å². The predicted molar refractivity (Wildman–Crippen MR) is 184 cm³/mol. The summed E-state index contributed by atoms with van der Waals surface area (Å²) in [5.74, 6) is -6.05. The average Bonchev–Trinajstić information content (AvgIpc) is 3.09. The van der Waals surface area contributed by atoms with Crippen LogP contribution >= 0.6 is 0 Å². The summed E-state index contributed by atoms with van der Waals surface area (Å²) in [6.45, 7) is 6.60. The fourth-order valence-electron chi connectivity index (χ4n) is 5.98. The van der Waals surface area contributed by atoms with Crippen LogP contribution in [0.5, 0.6) is 0 Å². The van der Waals surface area contributed by atoms with Gasteiger partial charge in [-0.15, -0.1) is 0 Å². The zero-order valence-electron chi connectivity index (χ0n) is 33.0. The molecule has 0 bridgehead atoms. The Kier molecular flexibility index (Phi) is 20.7. The lowest BCUT2D eigenvalue weighted by Crippen LogP contribution is -2.67. The largest absolute Gasteiger partial charge is 0.469 e. The zero-order chi connectivity index (χ0) is 41.9. The van der Waals surface area contributed by atoms with E-state index in [1.54, 1.807) is 0 Å². The van der Waals surface area contributed by atoms with Gasteiger partial charge in [0.2, 0.25) is 0 Å². The van der Waals surface area contributed by atoms with Crippen molar-refractivity contribution in [2.75, 3.05) is 26.9 Å². The van der Waals surface area contributed by atoms with Gasteiger partial charge in [-0.2, -0.15) is 0 Å². The standard InChI is InChI=1S/C36H54O20/c1-19(37)47-17-26-29(49-21(3)39)31(51-23(5)41)33(35(54-26)46-16-14-12-10-9-11-13-15-28(44)45-8)56-36-34(53-25(7)43)32(52-24(6)42)30(50-22(4)40)27(55-36)18-48-20(2)38/h26-27,29-36H,9-18H2,1-8H3. The molecule has 0 radical (unpaired) electrons. The average molecular weight is 807 g/mol. The Hall–Kier alpha value is -4.40. The first-order valence-corrected chi connectivity index (χ1v) is 18.2. The van der Waals surface area contributed by atoms with Gasteiger partial charge >= 0.3 is 47.8 Å². The molecule has 0 aliphatic carbocycles. The van der Waals surface area contributed by atoms with Gasteiger partial charge in [0.15, 0.2) is 49.2 Å². The molecule has 10 unspecified atom stereocenters. The summed E-state index contributed by atoms with van der Waals surface area (Å²) in [4.78, 5) is 97.0. The molecule has 20 heteroatoms. The molecular formula is C36H54O20. The summed E-state index contributed by atoms with van der Waals surface area (Å²) >= 11 is 0. The number of esters is 8. The Morgan fingerprint density at radius 3 is 1.29 bits per heavy atom. The quantitative estimate of drug-likeness (QED) is 0.0906. The number of methoxy groups -OCH3 is 1. The second-order valence-electron chi connectivity index (χ2n) is 13.0. The van der Waals surface area contributed by atoms with E-state index < -0.39 is 116 Å². The molecule has 318 valence electrons. The van der Waals surface area contributed by atoms with E-state index in [9.17, 15) is 38.4 Å². The lowest BCUT2D eigenvalue weighted by Gasteiger charge is -2.48. The molecule has 0 saturated carbocycles. The summed E-state index contributed by atoms with van der Waals surface area (Å²) in [5.41, 5.74) is 0. The number of carbonyl (C=O) groups excluding carboxylic acids is 8. The molecule has 0 spiro atoms. The highest BCUT2D eigenvalue weighted by atomic mass is 16.8. The Balaban J connectivity index is 2.56. The third-order valence-corrected chi connectivity index (χ3v) is 8.17. The van der Waals surface area contributed by atoms with Crippen molar-refractivity contribution in [3.63, 3.8) is 0 Å². The van der Waals surface area contributed by atoms with Crippen molar-refractivity contribution < 1.29 is 95.2 Å². The summed E-state index contributed by atoms with van der Waals surface area (Å²) in [5, 5.41) is 0. The highest BCUT2D eigenvalue weighted by Gasteiger charge is 2.57. The molecule has 20 nitrogen and oxygen atoms in total. The molecule has 2 fully saturated rings. The minimum atomic E-state index is -1.78. The van der Waals surface area contributed by atoms with Crippen LogP contribution < -0.4 is 0 Å². The van der Waals surface area contributed by atoms with Crippen LogP contribution in [0.1, 0.15) is 93.4 Å². The van der Waals surface area contributed by atoms with Gasteiger partial charge in [0, 0.05) is 61.5 Å². The van der Waals surface area contributed by atoms with Crippen molar-refractivity contribution in [1.82, 2.24) is 0 Å². The topological polar surface area (TPSA) is 247 Å². The van der Waals surface area contributed by atoms with Crippen LogP contribution in [0.25, 0.3) is 0 Å². The molecule has 2 rings (SSSR count). The molecule has 10 atom stereocenters. The van der Waals surface area contributed by atoms with Gasteiger partial charge in [-0.1, -0.05) is 25.7 Å². The molecule has 0 aromatic heterocycles. The van der Waals surface area contributed by atoms with E-state index in [0.717, 1.165) is 67.7 Å². The predicted octanol–water partition coefficient (Wildman–Crippen LogP) is 1.53. The monoisotopic (exact) mass is 806 g/mol. The van der Waals surface area contributed by atoms with E-state index in [-0.39, 0.29) is 12.6 Å². The van der Waals surface area contributed by atoms with Gasteiger partial charge in [0.05, 0.1) is 7.11 Å². The number of rotatable bonds is 21. The highest BCUT2D eigenvalue weighted by molar-refractivity contribution is 5.70. The first-order valence-electron chi connectivity index (χ1n) is 18.2. The number of hydrogen-bond acceptors (Lipinski definition) is 20. The van der Waals surface area contributed by atoms with Gasteiger partial charge in [-0.05, 0) is 12.8 Å². The Labute approximate surface area is 324 Å². The van der Waals surface area contributed by atoms with Crippen LogP contribution in [0.3, 0.4) is 0 Å². The van der Waals surface area contributed by atoms with Crippen LogP contribution in [0.2, 0.25) is 0 Å². The van der Waals surface area contributed by atoms with Crippen LogP contribution in [0.4, 0.5) is 0 Å². The van der Waals surface area contributed by atoms with Gasteiger partial charge in [0.1, 0.15) is 25.4 Å². The molecule has 2 heterocycles. The molecule has 0 N–H and O–H groups in total. The Morgan fingerprint density at radius 2 is 0.839 bits per heavy atom. The van der Waals surface area contributed by atoms with Crippen molar-refractivity contribution >= 4 is 47.8 Å². The summed E-state index contributed by atoms with van der Waals surface area (Å²) in [7, 11) is 1.33. The van der Waals surface area contributed by atoms with Crippen LogP contribution in [-0.2, 0) is 95.2 Å². The highest BCUT2D eigenvalue weighted by Crippen LogP contribution is 2.35. The number of ether oxygens (including phenoxy) is 12. The Morgan fingerprint density at radius 1 is 0.446 bits per heavy atom. The maximum Gasteiger partial charge on any atom is 0.305 e. The molecule has 0 amide bonds. The van der Waals surface area contributed by atoms with Crippen LogP contribution in [0, 0.1) is 0 Å². The fraction of sp³-hybridized carbons (Fsp3) is 0.778. The van der Waals surface area contributed by atoms with Crippen molar-refractivity contribution in [2.24, 2.45) is 0 Å². The van der Waals surface area contributed by atoms with Crippen LogP contribution in [0.15, 0.2) is 0 Å². The first kappa shape index (κ1) is 47.8. The zero-order valence-corrected chi connectivity index (χ0v) is 33.0. The molecule has 2 aliphatic rings. The lowest BCUT2D eigenvalue weighted by molar-refractivity contribution is -0.368.